The fraction of sp³-hybridized carbons (Fsp3) is 0. The zero-order valence-electron chi connectivity index (χ0n) is 9.12. The number of carbonyl (C=O) groups is 2. The number of urea groups is 1. The highest BCUT2D eigenvalue weighted by Gasteiger charge is 2.12. The number of hydrogen-bond donors (Lipinski definition) is 3. The van der Waals surface area contributed by atoms with Crippen LogP contribution in [0.15, 0.2) is 18.2 Å². The van der Waals surface area contributed by atoms with E-state index in [0.29, 0.717) is 0 Å². The summed E-state index contributed by atoms with van der Waals surface area (Å²) < 4.78 is 16.8. The number of aromatic carboxylic acids is 1. The standard InChI is InChI=1S/C9H6FN5O3S/c10-6-3-4(1-2-5(6)7(16)17)11-8(18)12-9-13-14-15-19-9/h1-3H,(H,16,17)(H2,11,12,13,15,18). The summed E-state index contributed by atoms with van der Waals surface area (Å²) in [6.45, 7) is 0. The Morgan fingerprint density at radius 1 is 1.32 bits per heavy atom. The number of halogens is 1. The maximum atomic E-state index is 13.3. The van der Waals surface area contributed by atoms with Crippen LogP contribution >= 0.6 is 11.5 Å². The quantitative estimate of drug-likeness (QED) is 0.784. The average molecular weight is 283 g/mol. The second kappa shape index (κ2) is 5.35. The van der Waals surface area contributed by atoms with Gasteiger partial charge in [-0.05, 0) is 23.4 Å². The molecule has 0 bridgehead atoms. The number of anilines is 2. The van der Waals surface area contributed by atoms with E-state index >= 15 is 0 Å². The fourth-order valence-corrected chi connectivity index (χ4v) is 1.57. The Bertz CT molecular complexity index is 618. The molecule has 1 heterocycles. The summed E-state index contributed by atoms with van der Waals surface area (Å²) in [6.07, 6.45) is 0. The third-order valence-corrected chi connectivity index (χ3v) is 2.49. The smallest absolute Gasteiger partial charge is 0.338 e. The van der Waals surface area contributed by atoms with Crippen molar-refractivity contribution in [1.82, 2.24) is 14.8 Å². The molecule has 0 radical (unpaired) electrons. The van der Waals surface area contributed by atoms with Crippen LogP contribution in [0.2, 0.25) is 0 Å². The minimum absolute atomic E-state index is 0.109. The predicted octanol–water partition coefficient (Wildman–Crippen LogP) is 1.41. The van der Waals surface area contributed by atoms with Crippen molar-refractivity contribution >= 4 is 34.4 Å². The molecule has 2 amide bonds. The van der Waals surface area contributed by atoms with E-state index < -0.39 is 23.4 Å². The first-order chi connectivity index (χ1) is 9.06. The van der Waals surface area contributed by atoms with Crippen molar-refractivity contribution in [2.75, 3.05) is 10.6 Å². The van der Waals surface area contributed by atoms with E-state index in [1.165, 1.54) is 6.07 Å². The molecule has 0 aliphatic rings. The summed E-state index contributed by atoms with van der Waals surface area (Å²) in [5.74, 6) is -2.32. The average Bonchev–Trinajstić information content (AvgIpc) is 2.81. The number of aromatic nitrogens is 3. The van der Waals surface area contributed by atoms with Gasteiger partial charge in [-0.25, -0.2) is 14.0 Å². The van der Waals surface area contributed by atoms with E-state index in [1.54, 1.807) is 0 Å². The van der Waals surface area contributed by atoms with Gasteiger partial charge in [0.2, 0.25) is 5.13 Å². The van der Waals surface area contributed by atoms with E-state index in [-0.39, 0.29) is 10.8 Å². The van der Waals surface area contributed by atoms with Gasteiger partial charge >= 0.3 is 12.0 Å². The molecule has 0 atom stereocenters. The number of benzene rings is 1. The number of hydrogen-bond acceptors (Lipinski definition) is 6. The molecule has 98 valence electrons. The zero-order valence-corrected chi connectivity index (χ0v) is 9.94. The molecule has 0 aliphatic carbocycles. The second-order valence-corrected chi connectivity index (χ2v) is 3.98. The predicted molar refractivity (Wildman–Crippen MR) is 63.7 cm³/mol. The van der Waals surface area contributed by atoms with Gasteiger partial charge in [0.15, 0.2) is 0 Å². The number of rotatable bonds is 3. The van der Waals surface area contributed by atoms with Crippen LogP contribution in [0.4, 0.5) is 20.0 Å². The molecule has 0 fully saturated rings. The molecule has 3 N–H and O–H groups in total. The first kappa shape index (κ1) is 12.8. The van der Waals surface area contributed by atoms with Crippen LogP contribution in [0.3, 0.4) is 0 Å². The lowest BCUT2D eigenvalue weighted by atomic mass is 10.2. The Balaban J connectivity index is 2.05. The molecule has 0 saturated heterocycles. The van der Waals surface area contributed by atoms with Crippen LogP contribution < -0.4 is 10.6 Å². The normalized spacial score (nSPS) is 9.95. The second-order valence-electron chi connectivity index (χ2n) is 3.25. The van der Waals surface area contributed by atoms with Crippen molar-refractivity contribution in [3.8, 4) is 0 Å². The minimum Gasteiger partial charge on any atom is -0.478 e. The van der Waals surface area contributed by atoms with E-state index in [1.807, 2.05) is 0 Å². The van der Waals surface area contributed by atoms with Crippen LogP contribution in [0.25, 0.3) is 0 Å². The molecule has 0 spiro atoms. The van der Waals surface area contributed by atoms with Crippen LogP contribution in [-0.2, 0) is 0 Å². The maximum absolute atomic E-state index is 13.3. The van der Waals surface area contributed by atoms with Crippen LogP contribution in [-0.4, -0.2) is 31.9 Å². The van der Waals surface area contributed by atoms with Crippen molar-refractivity contribution in [3.05, 3.63) is 29.6 Å². The number of carboxylic acids is 1. The number of nitrogens with one attached hydrogen (secondary N) is 2. The van der Waals surface area contributed by atoms with Crippen molar-refractivity contribution in [2.24, 2.45) is 0 Å². The first-order valence-electron chi connectivity index (χ1n) is 4.82. The van der Waals surface area contributed by atoms with Gasteiger partial charge in [-0.15, -0.1) is 0 Å². The van der Waals surface area contributed by atoms with Crippen molar-refractivity contribution in [1.29, 1.82) is 0 Å². The highest BCUT2D eigenvalue weighted by molar-refractivity contribution is 7.09. The van der Waals surface area contributed by atoms with Gasteiger partial charge in [0.1, 0.15) is 5.82 Å². The van der Waals surface area contributed by atoms with Crippen LogP contribution in [0.5, 0.6) is 0 Å². The summed E-state index contributed by atoms with van der Waals surface area (Å²) in [6, 6.07) is 2.56. The highest BCUT2D eigenvalue weighted by atomic mass is 32.1. The summed E-state index contributed by atoms with van der Waals surface area (Å²) >= 11 is 0.875. The van der Waals surface area contributed by atoms with E-state index in [9.17, 15) is 14.0 Å². The van der Waals surface area contributed by atoms with Crippen LogP contribution in [0, 0.1) is 5.82 Å². The molecule has 2 rings (SSSR count). The molecule has 1 aromatic carbocycles. The highest BCUT2D eigenvalue weighted by Crippen LogP contribution is 2.15. The summed E-state index contributed by atoms with van der Waals surface area (Å²) in [7, 11) is 0. The Labute approximate surface area is 109 Å². The molecule has 0 unspecified atom stereocenters. The van der Waals surface area contributed by atoms with E-state index in [4.69, 9.17) is 5.11 Å². The summed E-state index contributed by atoms with van der Waals surface area (Å²) in [5.41, 5.74) is -0.364. The molecule has 19 heavy (non-hydrogen) atoms. The molecular formula is C9H6FN5O3S. The van der Waals surface area contributed by atoms with Gasteiger partial charge in [0.25, 0.3) is 0 Å². The number of amides is 2. The van der Waals surface area contributed by atoms with E-state index in [0.717, 1.165) is 23.7 Å². The first-order valence-corrected chi connectivity index (χ1v) is 5.59. The topological polar surface area (TPSA) is 117 Å². The third-order valence-electron chi connectivity index (χ3n) is 1.98. The number of nitrogens with zero attached hydrogens (tertiary/aromatic N) is 3. The molecule has 10 heteroatoms. The van der Waals surface area contributed by atoms with Gasteiger partial charge in [0.05, 0.1) is 5.56 Å². The number of carboxylic acid groups (broad SMARTS) is 1. The van der Waals surface area contributed by atoms with Gasteiger partial charge < -0.3 is 10.4 Å². The van der Waals surface area contributed by atoms with Gasteiger partial charge in [-0.1, -0.05) is 9.59 Å². The largest absolute Gasteiger partial charge is 0.478 e. The lowest BCUT2D eigenvalue weighted by molar-refractivity contribution is 0.0692. The van der Waals surface area contributed by atoms with Crippen LogP contribution in [0.1, 0.15) is 10.4 Å². The maximum Gasteiger partial charge on any atom is 0.338 e. The van der Waals surface area contributed by atoms with Crippen molar-refractivity contribution < 1.29 is 19.1 Å². The third kappa shape index (κ3) is 3.19. The minimum atomic E-state index is -1.38. The van der Waals surface area contributed by atoms with Gasteiger partial charge in [-0.3, -0.25) is 5.32 Å². The summed E-state index contributed by atoms with van der Waals surface area (Å²) in [5, 5.41) is 20.2. The molecular weight excluding hydrogens is 277 g/mol. The summed E-state index contributed by atoms with van der Waals surface area (Å²) in [4.78, 5) is 22.1. The molecule has 0 aliphatic heterocycles. The van der Waals surface area contributed by atoms with Gasteiger partial charge in [0, 0.05) is 17.2 Å². The van der Waals surface area contributed by atoms with Crippen molar-refractivity contribution in [3.63, 3.8) is 0 Å². The molecule has 8 nitrogen and oxygen atoms in total. The fourth-order valence-electron chi connectivity index (χ4n) is 1.21. The Morgan fingerprint density at radius 2 is 2.11 bits per heavy atom. The molecule has 2 aromatic rings. The monoisotopic (exact) mass is 283 g/mol. The lowest BCUT2D eigenvalue weighted by Gasteiger charge is -2.05. The van der Waals surface area contributed by atoms with E-state index in [2.05, 4.69) is 25.4 Å². The SMILES string of the molecule is O=C(Nc1ccc(C(=O)O)c(F)c1)Nc1nnns1. The molecule has 0 saturated carbocycles. The Kier molecular flexibility index (Phi) is 3.61. The Morgan fingerprint density at radius 3 is 2.68 bits per heavy atom. The van der Waals surface area contributed by atoms with Crippen molar-refractivity contribution in [2.45, 2.75) is 0 Å². The zero-order chi connectivity index (χ0) is 13.8. The van der Waals surface area contributed by atoms with Gasteiger partial charge in [-0.2, -0.15) is 0 Å². The number of carbonyl (C=O) groups excluding carboxylic acids is 1. The Hall–Kier alpha value is -2.62. The lowest BCUT2D eigenvalue weighted by Crippen LogP contribution is -2.19. The molecule has 1 aromatic heterocycles.